The molecule has 2 aromatic rings. The van der Waals surface area contributed by atoms with Gasteiger partial charge in [0.05, 0.1) is 13.2 Å². The third-order valence-corrected chi connectivity index (χ3v) is 3.89. The zero-order valence-electron chi connectivity index (χ0n) is 11.9. The van der Waals surface area contributed by atoms with E-state index < -0.39 is 0 Å². The fourth-order valence-electron chi connectivity index (χ4n) is 2.43. The highest BCUT2D eigenvalue weighted by molar-refractivity contribution is 6.34. The monoisotopic (exact) mass is 340 g/mol. The van der Waals surface area contributed by atoms with Crippen LogP contribution in [0.15, 0.2) is 28.8 Å². The van der Waals surface area contributed by atoms with Gasteiger partial charge in [0, 0.05) is 22.7 Å². The van der Waals surface area contributed by atoms with Crippen LogP contribution in [0.3, 0.4) is 0 Å². The lowest BCUT2D eigenvalue weighted by atomic mass is 10.1. The minimum Gasteiger partial charge on any atom is -0.370 e. The van der Waals surface area contributed by atoms with Crippen molar-refractivity contribution < 1.29 is 14.1 Å². The van der Waals surface area contributed by atoms with Crippen LogP contribution in [-0.4, -0.2) is 35.7 Å². The molecule has 5 nitrogen and oxygen atoms in total. The first-order valence-electron chi connectivity index (χ1n) is 6.83. The summed E-state index contributed by atoms with van der Waals surface area (Å²) in [7, 11) is 0. The van der Waals surface area contributed by atoms with Gasteiger partial charge in [-0.05, 0) is 30.7 Å². The maximum Gasteiger partial charge on any atom is 0.276 e. The summed E-state index contributed by atoms with van der Waals surface area (Å²) in [5, 5.41) is 4.85. The Morgan fingerprint density at radius 3 is 2.64 bits per heavy atom. The van der Waals surface area contributed by atoms with Crippen molar-refractivity contribution in [3.63, 3.8) is 0 Å². The number of morpholine rings is 1. The molecule has 0 N–H and O–H groups in total. The maximum absolute atomic E-state index is 12.4. The molecule has 3 rings (SSSR count). The number of benzene rings is 1. The SMILES string of the molecule is Cc1cc(C(=O)N2CCOC(c3cc(Cl)cc(Cl)c3)C2)no1. The average molecular weight is 341 g/mol. The number of aryl methyl sites for hydroxylation is 1. The van der Waals surface area contributed by atoms with Gasteiger partial charge in [-0.25, -0.2) is 0 Å². The topological polar surface area (TPSA) is 55.6 Å². The summed E-state index contributed by atoms with van der Waals surface area (Å²) in [6, 6.07) is 6.89. The van der Waals surface area contributed by atoms with Crippen molar-refractivity contribution in [3.05, 3.63) is 51.3 Å². The van der Waals surface area contributed by atoms with Crippen molar-refractivity contribution >= 4 is 29.1 Å². The quantitative estimate of drug-likeness (QED) is 0.839. The Morgan fingerprint density at radius 1 is 1.27 bits per heavy atom. The highest BCUT2D eigenvalue weighted by Gasteiger charge is 2.28. The lowest BCUT2D eigenvalue weighted by Gasteiger charge is -2.32. The van der Waals surface area contributed by atoms with Crippen LogP contribution in [0.1, 0.15) is 27.9 Å². The van der Waals surface area contributed by atoms with Gasteiger partial charge in [-0.1, -0.05) is 28.4 Å². The van der Waals surface area contributed by atoms with Gasteiger partial charge in [-0.3, -0.25) is 4.79 Å². The molecule has 2 heterocycles. The van der Waals surface area contributed by atoms with Crippen LogP contribution in [0.4, 0.5) is 0 Å². The van der Waals surface area contributed by atoms with Gasteiger partial charge in [0.1, 0.15) is 11.9 Å². The number of hydrogen-bond donors (Lipinski definition) is 0. The van der Waals surface area contributed by atoms with E-state index in [-0.39, 0.29) is 12.0 Å². The molecule has 1 atom stereocenters. The number of carbonyl (C=O) groups is 1. The highest BCUT2D eigenvalue weighted by Crippen LogP contribution is 2.28. The van der Waals surface area contributed by atoms with Crippen LogP contribution in [-0.2, 0) is 4.74 Å². The molecule has 0 radical (unpaired) electrons. The Bertz CT molecular complexity index is 682. The predicted molar refractivity (Wildman–Crippen MR) is 82.3 cm³/mol. The van der Waals surface area contributed by atoms with Gasteiger partial charge in [-0.2, -0.15) is 0 Å². The summed E-state index contributed by atoms with van der Waals surface area (Å²) in [5.41, 5.74) is 1.16. The molecule has 1 aromatic heterocycles. The van der Waals surface area contributed by atoms with E-state index in [1.165, 1.54) is 0 Å². The van der Waals surface area contributed by atoms with Crippen molar-refractivity contribution in [1.29, 1.82) is 0 Å². The maximum atomic E-state index is 12.4. The number of hydrogen-bond acceptors (Lipinski definition) is 4. The van der Waals surface area contributed by atoms with E-state index in [4.69, 9.17) is 32.5 Å². The molecular weight excluding hydrogens is 327 g/mol. The number of aromatic nitrogens is 1. The molecular formula is C15H14Cl2N2O3. The molecule has 0 aliphatic carbocycles. The molecule has 1 amide bonds. The highest BCUT2D eigenvalue weighted by atomic mass is 35.5. The molecule has 116 valence electrons. The fraction of sp³-hybridized carbons (Fsp3) is 0.333. The summed E-state index contributed by atoms with van der Waals surface area (Å²) in [4.78, 5) is 14.1. The molecule has 1 saturated heterocycles. The van der Waals surface area contributed by atoms with Crippen LogP contribution < -0.4 is 0 Å². The zero-order valence-corrected chi connectivity index (χ0v) is 13.4. The molecule has 1 aromatic carbocycles. The van der Waals surface area contributed by atoms with Crippen LogP contribution in [0, 0.1) is 6.92 Å². The Balaban J connectivity index is 1.78. The molecule has 0 saturated carbocycles. The Labute approximate surface area is 137 Å². The molecule has 1 unspecified atom stereocenters. The third-order valence-electron chi connectivity index (χ3n) is 3.46. The van der Waals surface area contributed by atoms with E-state index in [9.17, 15) is 4.79 Å². The summed E-state index contributed by atoms with van der Waals surface area (Å²) in [5.74, 6) is 0.438. The van der Waals surface area contributed by atoms with Crippen LogP contribution in [0.5, 0.6) is 0 Å². The molecule has 7 heteroatoms. The molecule has 1 fully saturated rings. The van der Waals surface area contributed by atoms with Crippen LogP contribution in [0.2, 0.25) is 10.0 Å². The standard InChI is InChI=1S/C15H14Cl2N2O3/c1-9-4-13(18-22-9)15(20)19-2-3-21-14(8-19)10-5-11(16)7-12(17)6-10/h4-7,14H,2-3,8H2,1H3. The second-order valence-corrected chi connectivity index (χ2v) is 6.01. The van der Waals surface area contributed by atoms with E-state index in [1.807, 2.05) is 0 Å². The van der Waals surface area contributed by atoms with Gasteiger partial charge in [0.2, 0.25) is 0 Å². The molecule has 22 heavy (non-hydrogen) atoms. The Morgan fingerprint density at radius 2 is 2.00 bits per heavy atom. The van der Waals surface area contributed by atoms with Gasteiger partial charge in [-0.15, -0.1) is 0 Å². The first kappa shape index (κ1) is 15.3. The minimum absolute atomic E-state index is 0.168. The van der Waals surface area contributed by atoms with Gasteiger partial charge < -0.3 is 14.2 Å². The predicted octanol–water partition coefficient (Wildman–Crippen LogP) is 3.50. The number of rotatable bonds is 2. The van der Waals surface area contributed by atoms with Gasteiger partial charge in [0.15, 0.2) is 5.69 Å². The first-order chi connectivity index (χ1) is 10.5. The minimum atomic E-state index is -0.262. The smallest absolute Gasteiger partial charge is 0.276 e. The van der Waals surface area contributed by atoms with Gasteiger partial charge in [0.25, 0.3) is 5.91 Å². The van der Waals surface area contributed by atoms with E-state index >= 15 is 0 Å². The third kappa shape index (κ3) is 3.27. The molecule has 1 aliphatic heterocycles. The lowest BCUT2D eigenvalue weighted by Crippen LogP contribution is -2.42. The Hall–Kier alpha value is -1.56. The van der Waals surface area contributed by atoms with Crippen molar-refractivity contribution in [1.82, 2.24) is 10.1 Å². The van der Waals surface area contributed by atoms with Gasteiger partial charge >= 0.3 is 0 Å². The van der Waals surface area contributed by atoms with E-state index in [2.05, 4.69) is 5.16 Å². The van der Waals surface area contributed by atoms with Crippen LogP contribution in [0.25, 0.3) is 0 Å². The molecule has 0 spiro atoms. The fourth-order valence-corrected chi connectivity index (χ4v) is 2.97. The largest absolute Gasteiger partial charge is 0.370 e. The van der Waals surface area contributed by atoms with E-state index in [0.29, 0.717) is 41.2 Å². The van der Waals surface area contributed by atoms with E-state index in [0.717, 1.165) is 5.56 Å². The van der Waals surface area contributed by atoms with E-state index in [1.54, 1.807) is 36.1 Å². The second kappa shape index (κ2) is 6.28. The summed E-state index contributed by atoms with van der Waals surface area (Å²) >= 11 is 12.0. The van der Waals surface area contributed by atoms with Crippen LogP contribution >= 0.6 is 23.2 Å². The average Bonchev–Trinajstić information content (AvgIpc) is 2.92. The lowest BCUT2D eigenvalue weighted by molar-refractivity contribution is -0.0231. The number of carbonyl (C=O) groups excluding carboxylic acids is 1. The van der Waals surface area contributed by atoms with Crippen molar-refractivity contribution in [2.24, 2.45) is 0 Å². The van der Waals surface area contributed by atoms with Crippen molar-refractivity contribution in [3.8, 4) is 0 Å². The van der Waals surface area contributed by atoms with Crippen molar-refractivity contribution in [2.75, 3.05) is 19.7 Å². The summed E-state index contributed by atoms with van der Waals surface area (Å²) in [6.07, 6.45) is -0.262. The normalized spacial score (nSPS) is 18.5. The summed E-state index contributed by atoms with van der Waals surface area (Å²) < 4.78 is 10.7. The summed E-state index contributed by atoms with van der Waals surface area (Å²) in [6.45, 7) is 3.12. The first-order valence-corrected chi connectivity index (χ1v) is 7.59. The molecule has 0 bridgehead atoms. The zero-order chi connectivity index (χ0) is 15.7. The number of ether oxygens (including phenoxy) is 1. The second-order valence-electron chi connectivity index (χ2n) is 5.14. The molecule has 1 aliphatic rings. The Kier molecular flexibility index (Phi) is 4.38. The number of nitrogens with zero attached hydrogens (tertiary/aromatic N) is 2. The van der Waals surface area contributed by atoms with Crippen molar-refractivity contribution in [2.45, 2.75) is 13.0 Å². The number of halogens is 2. The number of amides is 1.